The molecule has 0 aliphatic heterocycles. The van der Waals surface area contributed by atoms with Crippen LogP contribution < -0.4 is 0 Å². The van der Waals surface area contributed by atoms with Crippen LogP contribution in [0.15, 0.2) is 12.2 Å². The van der Waals surface area contributed by atoms with E-state index in [0.29, 0.717) is 0 Å². The topological polar surface area (TPSA) is 0 Å². The van der Waals surface area contributed by atoms with Gasteiger partial charge < -0.3 is 0 Å². The number of halogens is 26. The Bertz CT molecular complexity index is 849. The number of hydrogen-bond donors (Lipinski definition) is 0. The minimum Gasteiger partial charge on any atom is -0.198 e. The molecule has 0 saturated heterocycles. The number of alkyl halides is 26. The summed E-state index contributed by atoms with van der Waals surface area (Å²) in [6.07, 6.45) is -60.7. The molecule has 26 heteroatoms. The molecule has 0 bridgehead atoms. The van der Waals surface area contributed by atoms with E-state index in [2.05, 4.69) is 0 Å². The van der Waals surface area contributed by atoms with Crippen molar-refractivity contribution in [1.29, 1.82) is 0 Å². The summed E-state index contributed by atoms with van der Waals surface area (Å²) in [5, 5.41) is 0. The molecule has 0 fully saturated rings. The predicted octanol–water partition coefficient (Wildman–Crippen LogP) is 10.2. The van der Waals surface area contributed by atoms with Crippen molar-refractivity contribution in [2.75, 3.05) is 0 Å². The summed E-state index contributed by atoms with van der Waals surface area (Å²) < 4.78 is 340. The standard InChI is InChI=1S/C16H6F26/c17-7(18,9(21,22)15(37,38)39)5(11(25,26)27,12(28,29)30)3-1-2-4-6(13(31,32)33,14(34,35)36)8(19,20)10(23,24)16(40,41)42/h1-2H,3-4H2/b2-1-. The molecular weight excluding hydrogens is 686 g/mol. The van der Waals surface area contributed by atoms with Gasteiger partial charge in [-0.25, -0.2) is 0 Å². The molecule has 0 aromatic carbocycles. The first-order chi connectivity index (χ1) is 17.7. The van der Waals surface area contributed by atoms with Crippen LogP contribution in [-0.4, -0.2) is 60.7 Å². The van der Waals surface area contributed by atoms with Crippen molar-refractivity contribution in [3.05, 3.63) is 12.2 Å². The lowest BCUT2D eigenvalue weighted by molar-refractivity contribution is -0.461. The van der Waals surface area contributed by atoms with Crippen LogP contribution in [0.1, 0.15) is 12.8 Å². The lowest BCUT2D eigenvalue weighted by Gasteiger charge is -2.45. The third-order valence-electron chi connectivity index (χ3n) is 5.52. The predicted molar refractivity (Wildman–Crippen MR) is 79.4 cm³/mol. The number of allylic oxidation sites excluding steroid dienone is 2. The Morgan fingerprint density at radius 1 is 0.238 bits per heavy atom. The third-order valence-corrected chi connectivity index (χ3v) is 5.52. The van der Waals surface area contributed by atoms with Crippen LogP contribution in [0.2, 0.25) is 0 Å². The summed E-state index contributed by atoms with van der Waals surface area (Å²) in [7, 11) is 0. The molecule has 0 aliphatic rings. The third kappa shape index (κ3) is 5.50. The molecule has 0 atom stereocenters. The van der Waals surface area contributed by atoms with Crippen LogP contribution in [-0.2, 0) is 0 Å². The maximum absolute atomic E-state index is 13.9. The van der Waals surface area contributed by atoms with Gasteiger partial charge in [0.05, 0.1) is 0 Å². The molecule has 0 spiro atoms. The Labute approximate surface area is 212 Å². The fraction of sp³-hybridized carbons (Fsp3) is 0.875. The molecule has 0 unspecified atom stereocenters. The van der Waals surface area contributed by atoms with Crippen LogP contribution in [0.4, 0.5) is 114 Å². The van der Waals surface area contributed by atoms with Crippen LogP contribution >= 0.6 is 0 Å². The molecule has 0 nitrogen and oxygen atoms in total. The minimum atomic E-state index is -8.50. The van der Waals surface area contributed by atoms with E-state index in [-0.39, 0.29) is 0 Å². The Morgan fingerprint density at radius 2 is 0.405 bits per heavy atom. The maximum Gasteiger partial charge on any atom is 0.459 e. The highest BCUT2D eigenvalue weighted by molar-refractivity contribution is 5.16. The number of rotatable bonds is 8. The van der Waals surface area contributed by atoms with Gasteiger partial charge in [0.15, 0.2) is 0 Å². The molecule has 0 N–H and O–H groups in total. The van der Waals surface area contributed by atoms with E-state index in [1.54, 1.807) is 0 Å². The van der Waals surface area contributed by atoms with Crippen molar-refractivity contribution in [1.82, 2.24) is 0 Å². The lowest BCUT2D eigenvalue weighted by Crippen LogP contribution is -2.70. The van der Waals surface area contributed by atoms with Gasteiger partial charge in [-0.05, 0) is 12.8 Å². The molecule has 0 aromatic rings. The highest BCUT2D eigenvalue weighted by Gasteiger charge is 2.93. The molecule has 0 rings (SSSR count). The molecule has 252 valence electrons. The van der Waals surface area contributed by atoms with Gasteiger partial charge in [0.2, 0.25) is 10.8 Å². The lowest BCUT2D eigenvalue weighted by atomic mass is 9.71. The van der Waals surface area contributed by atoms with Gasteiger partial charge in [-0.15, -0.1) is 0 Å². The van der Waals surface area contributed by atoms with Gasteiger partial charge in [-0.3, -0.25) is 0 Å². The van der Waals surface area contributed by atoms with Crippen molar-refractivity contribution < 1.29 is 114 Å². The minimum absolute atomic E-state index is 1.85. The Kier molecular flexibility index (Phi) is 9.73. The molecule has 0 heterocycles. The summed E-state index contributed by atoms with van der Waals surface area (Å²) in [5.74, 6) is -33.7. The fourth-order valence-corrected chi connectivity index (χ4v) is 3.16. The van der Waals surface area contributed by atoms with E-state index < -0.39 is 96.6 Å². The number of hydrogen-bond acceptors (Lipinski definition) is 0. The normalized spacial score (nSPS) is 16.9. The van der Waals surface area contributed by atoms with E-state index in [1.807, 2.05) is 0 Å². The van der Waals surface area contributed by atoms with Gasteiger partial charge in [0, 0.05) is 0 Å². The van der Waals surface area contributed by atoms with E-state index in [0.717, 1.165) is 0 Å². The summed E-state index contributed by atoms with van der Waals surface area (Å²) in [6.45, 7) is 0. The van der Waals surface area contributed by atoms with E-state index in [1.165, 1.54) is 0 Å². The van der Waals surface area contributed by atoms with Crippen molar-refractivity contribution in [3.63, 3.8) is 0 Å². The summed E-state index contributed by atoms with van der Waals surface area (Å²) in [5.41, 5.74) is -15.6. The molecule has 42 heavy (non-hydrogen) atoms. The van der Waals surface area contributed by atoms with E-state index in [9.17, 15) is 114 Å². The van der Waals surface area contributed by atoms with Crippen LogP contribution in [0, 0.1) is 10.8 Å². The van der Waals surface area contributed by atoms with Crippen molar-refractivity contribution in [3.8, 4) is 0 Å². The fourth-order valence-electron chi connectivity index (χ4n) is 3.16. The summed E-state index contributed by atoms with van der Waals surface area (Å²) >= 11 is 0. The Balaban J connectivity index is 7.57. The van der Waals surface area contributed by atoms with Crippen molar-refractivity contribution >= 4 is 0 Å². The SMILES string of the molecule is FC(F)(F)C(F)(F)C(F)(F)C(C/C=C\CC(C(F)(F)F)(C(F)(F)F)C(F)(F)C(F)(F)C(F)(F)F)(C(F)(F)F)C(F)(F)F. The average molecular weight is 692 g/mol. The van der Waals surface area contributed by atoms with Gasteiger partial charge >= 0.3 is 60.7 Å². The molecule has 0 amide bonds. The average Bonchev–Trinajstić information content (AvgIpc) is 2.63. The second-order valence-corrected chi connectivity index (χ2v) is 7.97. The molecule has 0 saturated carbocycles. The van der Waals surface area contributed by atoms with Gasteiger partial charge in [-0.2, -0.15) is 114 Å². The molecule has 0 radical (unpaired) electrons. The van der Waals surface area contributed by atoms with E-state index in [4.69, 9.17) is 0 Å². The monoisotopic (exact) mass is 692 g/mol. The zero-order chi connectivity index (χ0) is 34.8. The van der Waals surface area contributed by atoms with Crippen molar-refractivity contribution in [2.45, 2.75) is 73.6 Å². The summed E-state index contributed by atoms with van der Waals surface area (Å²) in [6, 6.07) is 0. The van der Waals surface area contributed by atoms with Crippen LogP contribution in [0.3, 0.4) is 0 Å². The first kappa shape index (κ1) is 39.9. The maximum atomic E-state index is 13.9. The molecular formula is C16H6F26. The first-order valence-corrected chi connectivity index (χ1v) is 9.27. The highest BCUT2D eigenvalue weighted by atomic mass is 19.5. The van der Waals surface area contributed by atoms with Crippen LogP contribution in [0.25, 0.3) is 0 Å². The van der Waals surface area contributed by atoms with Crippen molar-refractivity contribution in [2.24, 2.45) is 10.8 Å². The van der Waals surface area contributed by atoms with Gasteiger partial charge in [0.25, 0.3) is 0 Å². The first-order valence-electron chi connectivity index (χ1n) is 9.27. The highest BCUT2D eigenvalue weighted by Crippen LogP contribution is 2.69. The van der Waals surface area contributed by atoms with E-state index >= 15 is 0 Å². The smallest absolute Gasteiger partial charge is 0.198 e. The second-order valence-electron chi connectivity index (χ2n) is 7.97. The second kappa shape index (κ2) is 10.2. The van der Waals surface area contributed by atoms with Gasteiger partial charge in [0.1, 0.15) is 0 Å². The Hall–Kier alpha value is -2.08. The summed E-state index contributed by atoms with van der Waals surface area (Å²) in [4.78, 5) is 0. The Morgan fingerprint density at radius 3 is 0.524 bits per heavy atom. The molecule has 0 aromatic heterocycles. The quantitative estimate of drug-likeness (QED) is 0.176. The largest absolute Gasteiger partial charge is 0.459 e. The zero-order valence-electron chi connectivity index (χ0n) is 18.4. The van der Waals surface area contributed by atoms with Crippen LogP contribution in [0.5, 0.6) is 0 Å². The zero-order valence-corrected chi connectivity index (χ0v) is 18.4. The van der Waals surface area contributed by atoms with Gasteiger partial charge in [-0.1, -0.05) is 12.2 Å². The molecule has 0 aliphatic carbocycles.